The molecule has 0 aliphatic carbocycles. The van der Waals surface area contributed by atoms with Crippen molar-refractivity contribution >= 4 is 34.9 Å². The smallest absolute Gasteiger partial charge is 0.290 e. The van der Waals surface area contributed by atoms with E-state index in [-0.39, 0.29) is 11.1 Å². The molecule has 12 heteroatoms. The van der Waals surface area contributed by atoms with E-state index >= 15 is 0 Å². The van der Waals surface area contributed by atoms with Crippen molar-refractivity contribution in [1.29, 1.82) is 0 Å². The number of aromatic amines is 1. The van der Waals surface area contributed by atoms with Crippen LogP contribution >= 0.6 is 11.8 Å². The van der Waals surface area contributed by atoms with E-state index in [4.69, 9.17) is 0 Å². The first-order valence-corrected chi connectivity index (χ1v) is 12.0. The first-order chi connectivity index (χ1) is 17.0. The number of anilines is 1. The third kappa shape index (κ3) is 5.72. The van der Waals surface area contributed by atoms with Crippen molar-refractivity contribution in [1.82, 2.24) is 35.8 Å². The maximum Gasteiger partial charge on any atom is 0.290 e. The minimum Gasteiger partial charge on any atom is -0.341 e. The van der Waals surface area contributed by atoms with Gasteiger partial charge in [0.2, 0.25) is 5.95 Å². The van der Waals surface area contributed by atoms with Crippen LogP contribution in [0.15, 0.2) is 41.7 Å². The first-order valence-electron chi connectivity index (χ1n) is 11.2. The van der Waals surface area contributed by atoms with Crippen LogP contribution in [0.25, 0.3) is 17.3 Å². The highest BCUT2D eigenvalue weighted by Gasteiger charge is 2.25. The normalized spacial score (nSPS) is 17.9. The minimum atomic E-state index is -0.403. The van der Waals surface area contributed by atoms with Gasteiger partial charge in [-0.2, -0.15) is 5.10 Å². The Morgan fingerprint density at radius 2 is 2.09 bits per heavy atom. The van der Waals surface area contributed by atoms with Crippen molar-refractivity contribution in [2.75, 3.05) is 24.5 Å². The van der Waals surface area contributed by atoms with Crippen molar-refractivity contribution in [2.24, 2.45) is 5.92 Å². The van der Waals surface area contributed by atoms with Crippen molar-refractivity contribution in [3.63, 3.8) is 0 Å². The largest absolute Gasteiger partial charge is 0.341 e. The topological polar surface area (TPSA) is 129 Å². The fourth-order valence-corrected chi connectivity index (χ4v) is 4.74. The Kier molecular flexibility index (Phi) is 6.82. The molecule has 0 spiro atoms. The Bertz CT molecular complexity index is 1260. The fraction of sp³-hybridized carbons (Fsp3) is 0.304. The second-order valence-electron chi connectivity index (χ2n) is 8.34. The molecule has 2 fully saturated rings. The van der Waals surface area contributed by atoms with E-state index in [0.717, 1.165) is 49.8 Å². The average molecular weight is 495 g/mol. The van der Waals surface area contributed by atoms with E-state index in [2.05, 4.69) is 40.7 Å². The van der Waals surface area contributed by atoms with Crippen LogP contribution in [0.3, 0.4) is 0 Å². The molecule has 3 aromatic rings. The summed E-state index contributed by atoms with van der Waals surface area (Å²) in [4.78, 5) is 39.0. The molecule has 5 rings (SSSR count). The van der Waals surface area contributed by atoms with Gasteiger partial charge in [0.15, 0.2) is 0 Å². The molecule has 0 aromatic carbocycles. The van der Waals surface area contributed by atoms with Crippen LogP contribution in [0.4, 0.5) is 15.1 Å². The molecule has 0 atom stereocenters. The molecule has 3 N–H and O–H groups in total. The highest BCUT2D eigenvalue weighted by atomic mass is 32.2. The molecule has 180 valence electrons. The maximum atomic E-state index is 14.0. The van der Waals surface area contributed by atoms with Crippen LogP contribution in [0, 0.1) is 11.7 Å². The molecule has 0 radical (unpaired) electrons. The van der Waals surface area contributed by atoms with Gasteiger partial charge in [0.1, 0.15) is 5.82 Å². The Morgan fingerprint density at radius 1 is 1.23 bits per heavy atom. The number of H-pyrrole nitrogens is 1. The monoisotopic (exact) mass is 494 g/mol. The number of halogens is 1. The highest BCUT2D eigenvalue weighted by molar-refractivity contribution is 8.18. The van der Waals surface area contributed by atoms with Crippen LogP contribution in [0.2, 0.25) is 0 Å². The predicted molar refractivity (Wildman–Crippen MR) is 130 cm³/mol. The Labute approximate surface area is 204 Å². The van der Waals surface area contributed by atoms with Crippen LogP contribution < -0.4 is 15.5 Å². The number of nitrogens with zero attached hydrogens (tertiary/aromatic N) is 5. The van der Waals surface area contributed by atoms with Gasteiger partial charge in [0, 0.05) is 43.7 Å². The molecular weight excluding hydrogens is 471 g/mol. The van der Waals surface area contributed by atoms with E-state index in [1.165, 1.54) is 12.1 Å². The lowest BCUT2D eigenvalue weighted by atomic mass is 9.97. The molecule has 3 aromatic heterocycles. The molecule has 0 saturated carbocycles. The Hall–Kier alpha value is -3.64. The molecule has 10 nitrogen and oxygen atoms in total. The summed E-state index contributed by atoms with van der Waals surface area (Å²) in [7, 11) is 0. The fourth-order valence-electron chi connectivity index (χ4n) is 4.07. The van der Waals surface area contributed by atoms with Crippen molar-refractivity contribution in [3.8, 4) is 11.3 Å². The lowest BCUT2D eigenvalue weighted by Crippen LogP contribution is -2.38. The molecule has 2 aliphatic rings. The number of hydrogen-bond acceptors (Lipinski definition) is 9. The summed E-state index contributed by atoms with van der Waals surface area (Å²) in [5.41, 5.74) is 2.54. The van der Waals surface area contributed by atoms with E-state index < -0.39 is 5.91 Å². The van der Waals surface area contributed by atoms with Gasteiger partial charge in [0.05, 0.1) is 28.2 Å². The first kappa shape index (κ1) is 23.1. The highest BCUT2D eigenvalue weighted by Crippen LogP contribution is 2.26. The number of aromatic nitrogens is 5. The number of pyridine rings is 1. The molecule has 2 saturated heterocycles. The van der Waals surface area contributed by atoms with Gasteiger partial charge in [-0.15, -0.1) is 0 Å². The molecule has 0 bridgehead atoms. The van der Waals surface area contributed by atoms with E-state index in [1.807, 2.05) is 0 Å². The summed E-state index contributed by atoms with van der Waals surface area (Å²) in [6.45, 7) is 2.91. The molecular formula is C23H23FN8O2S. The second-order valence-corrected chi connectivity index (χ2v) is 9.36. The van der Waals surface area contributed by atoms with Gasteiger partial charge < -0.3 is 10.2 Å². The zero-order valence-corrected chi connectivity index (χ0v) is 19.5. The third-order valence-corrected chi connectivity index (χ3v) is 6.67. The number of imide groups is 1. The average Bonchev–Trinajstić information content (AvgIpc) is 3.49. The molecule has 2 amide bonds. The number of rotatable bonds is 7. The van der Waals surface area contributed by atoms with Crippen molar-refractivity contribution in [3.05, 3.63) is 58.9 Å². The molecule has 5 heterocycles. The summed E-state index contributed by atoms with van der Waals surface area (Å²) >= 11 is 0.868. The molecule has 35 heavy (non-hydrogen) atoms. The minimum absolute atomic E-state index is 0.321. The van der Waals surface area contributed by atoms with Gasteiger partial charge in [-0.25, -0.2) is 14.4 Å². The summed E-state index contributed by atoms with van der Waals surface area (Å²) in [6.07, 6.45) is 8.50. The Balaban J connectivity index is 1.12. The maximum absolute atomic E-state index is 14.0. The van der Waals surface area contributed by atoms with Gasteiger partial charge >= 0.3 is 0 Å². The van der Waals surface area contributed by atoms with E-state index in [0.29, 0.717) is 40.4 Å². The summed E-state index contributed by atoms with van der Waals surface area (Å²) in [6, 6.07) is 4.56. The van der Waals surface area contributed by atoms with Crippen LogP contribution in [-0.4, -0.2) is 55.9 Å². The lowest BCUT2D eigenvalue weighted by Gasteiger charge is -2.32. The summed E-state index contributed by atoms with van der Waals surface area (Å²) in [5.74, 6) is 0.358. The molecule has 2 aliphatic heterocycles. The zero-order chi connectivity index (χ0) is 24.2. The number of piperidine rings is 1. The SMILES string of the molecule is O=C1NC(=O)C(=Cc2ccnc(N3CCC(CNCc4cc(F)cc(-c5cn[nH]c5)n4)CC3)n2)S1. The summed E-state index contributed by atoms with van der Waals surface area (Å²) < 4.78 is 14.0. The number of nitrogens with one attached hydrogen (secondary N) is 3. The van der Waals surface area contributed by atoms with Crippen LogP contribution in [-0.2, 0) is 11.3 Å². The van der Waals surface area contributed by atoms with Gasteiger partial charge in [-0.3, -0.25) is 25.0 Å². The number of carbonyl (C=O) groups excluding carboxylic acids is 2. The van der Waals surface area contributed by atoms with Gasteiger partial charge in [-0.1, -0.05) is 0 Å². The Morgan fingerprint density at radius 3 is 2.83 bits per heavy atom. The lowest BCUT2D eigenvalue weighted by molar-refractivity contribution is -0.115. The van der Waals surface area contributed by atoms with Gasteiger partial charge in [-0.05, 0) is 55.3 Å². The quantitative estimate of drug-likeness (QED) is 0.425. The predicted octanol–water partition coefficient (Wildman–Crippen LogP) is 2.73. The molecule has 0 unspecified atom stereocenters. The number of hydrogen-bond donors (Lipinski definition) is 3. The third-order valence-electron chi connectivity index (χ3n) is 5.86. The van der Waals surface area contributed by atoms with Crippen molar-refractivity contribution < 1.29 is 14.0 Å². The zero-order valence-electron chi connectivity index (χ0n) is 18.7. The summed E-state index contributed by atoms with van der Waals surface area (Å²) in [5, 5.41) is 11.9. The standard InChI is InChI=1S/C23H23FN8O2S/c24-16-7-18(29-19(8-16)15-11-27-28-12-15)13-25-10-14-2-5-32(6-3-14)22-26-4-1-17(30-22)9-20-21(33)31-23(34)35-20/h1,4,7-9,11-12,14,25H,2-3,5-6,10,13H2,(H,27,28)(H,31,33,34). The van der Waals surface area contributed by atoms with E-state index in [1.54, 1.807) is 30.7 Å². The number of carbonyl (C=O) groups is 2. The van der Waals surface area contributed by atoms with Gasteiger partial charge in [0.25, 0.3) is 11.1 Å². The number of amides is 2. The van der Waals surface area contributed by atoms with Crippen LogP contribution in [0.1, 0.15) is 24.2 Å². The van der Waals surface area contributed by atoms with E-state index in [9.17, 15) is 14.0 Å². The number of thioether (sulfide) groups is 1. The van der Waals surface area contributed by atoms with Crippen LogP contribution in [0.5, 0.6) is 0 Å². The van der Waals surface area contributed by atoms with Crippen molar-refractivity contribution in [2.45, 2.75) is 19.4 Å². The second kappa shape index (κ2) is 10.3.